The van der Waals surface area contributed by atoms with Crippen LogP contribution in [0.4, 0.5) is 5.69 Å². The number of hydrogen-bond acceptors (Lipinski definition) is 3. The molecule has 0 aliphatic carbocycles. The van der Waals surface area contributed by atoms with E-state index in [0.29, 0.717) is 5.39 Å². The van der Waals surface area contributed by atoms with Crippen LogP contribution in [0.1, 0.15) is 5.56 Å². The molecule has 0 saturated carbocycles. The van der Waals surface area contributed by atoms with Gasteiger partial charge in [-0.1, -0.05) is 41.6 Å². The Hall–Kier alpha value is -1.90. The smallest absolute Gasteiger partial charge is 0.107 e. The lowest BCUT2D eigenvalue weighted by molar-refractivity contribution is -0.267. The monoisotopic (exact) mass is 186 g/mol. The molecule has 2 aromatic carbocycles. The molecule has 14 heavy (non-hydrogen) atoms. The van der Waals surface area contributed by atoms with Crippen LogP contribution in [0.5, 0.6) is 5.75 Å². The van der Waals surface area contributed by atoms with Crippen molar-refractivity contribution in [2.75, 3.05) is 0 Å². The third-order valence-corrected chi connectivity index (χ3v) is 2.20. The zero-order valence-corrected chi connectivity index (χ0v) is 7.65. The summed E-state index contributed by atoms with van der Waals surface area (Å²) >= 11 is 0. The van der Waals surface area contributed by atoms with Gasteiger partial charge in [0.25, 0.3) is 0 Å². The van der Waals surface area contributed by atoms with E-state index in [9.17, 15) is 10.0 Å². The number of fused-ring (bicyclic) bond motifs is 1. The quantitative estimate of drug-likeness (QED) is 0.643. The Balaban J connectivity index is 2.88. The maximum Gasteiger partial charge on any atom is 0.107 e. The van der Waals surface area contributed by atoms with Gasteiger partial charge in [0.1, 0.15) is 5.69 Å². The van der Waals surface area contributed by atoms with E-state index in [1.54, 1.807) is 12.1 Å². The molecule has 70 valence electrons. The Bertz CT molecular complexity index is 506. The lowest BCUT2D eigenvalue weighted by atomic mass is 10.1. The van der Waals surface area contributed by atoms with Crippen LogP contribution in [0.25, 0.3) is 10.8 Å². The molecule has 0 unspecified atom stereocenters. The minimum atomic E-state index is -0.323. The summed E-state index contributed by atoms with van der Waals surface area (Å²) in [5.74, 6) is -0.323. The molecule has 0 amide bonds. The van der Waals surface area contributed by atoms with Crippen LogP contribution >= 0.6 is 0 Å². The number of rotatable bonds is 1. The molecule has 0 aliphatic rings. The largest absolute Gasteiger partial charge is 0.871 e. The van der Waals surface area contributed by atoms with Crippen LogP contribution in [0, 0.1) is 11.8 Å². The van der Waals surface area contributed by atoms with Crippen molar-refractivity contribution >= 4 is 16.5 Å². The lowest BCUT2D eigenvalue weighted by Crippen LogP contribution is -1.90. The third-order valence-electron chi connectivity index (χ3n) is 2.20. The van der Waals surface area contributed by atoms with Crippen molar-refractivity contribution in [2.24, 2.45) is 5.18 Å². The van der Waals surface area contributed by atoms with Crippen molar-refractivity contribution in [3.63, 3.8) is 0 Å². The van der Waals surface area contributed by atoms with E-state index in [1.165, 1.54) is 6.07 Å². The van der Waals surface area contributed by atoms with Gasteiger partial charge in [0, 0.05) is 5.39 Å². The van der Waals surface area contributed by atoms with Gasteiger partial charge < -0.3 is 5.11 Å². The van der Waals surface area contributed by atoms with Gasteiger partial charge in [-0.25, -0.2) is 0 Å². The maximum absolute atomic E-state index is 11.3. The zero-order chi connectivity index (χ0) is 10.1. The van der Waals surface area contributed by atoms with Crippen LogP contribution in [0.2, 0.25) is 0 Å². The average molecular weight is 186 g/mol. The van der Waals surface area contributed by atoms with Gasteiger partial charge in [0.2, 0.25) is 0 Å². The van der Waals surface area contributed by atoms with E-state index >= 15 is 0 Å². The predicted octanol–water partition coefficient (Wildman–Crippen LogP) is 2.62. The molecule has 0 aliphatic heterocycles. The zero-order valence-electron chi connectivity index (χ0n) is 7.65. The fraction of sp³-hybridized carbons (Fsp3) is 0.0909. The van der Waals surface area contributed by atoms with Crippen molar-refractivity contribution in [1.82, 2.24) is 0 Å². The number of aryl methyl sites for hydroxylation is 1. The third kappa shape index (κ3) is 1.23. The van der Waals surface area contributed by atoms with E-state index in [1.807, 2.05) is 19.1 Å². The Kier molecular flexibility index (Phi) is 1.93. The number of hydrogen-bond donors (Lipinski definition) is 0. The number of benzene rings is 2. The van der Waals surface area contributed by atoms with Crippen LogP contribution in [-0.4, -0.2) is 0 Å². The predicted molar refractivity (Wildman–Crippen MR) is 53.6 cm³/mol. The molecular weight excluding hydrogens is 178 g/mol. The fourth-order valence-electron chi connectivity index (χ4n) is 1.51. The lowest BCUT2D eigenvalue weighted by Gasteiger charge is -2.10. The number of nitrogens with zero attached hydrogens (tertiary/aromatic N) is 1. The van der Waals surface area contributed by atoms with E-state index in [0.717, 1.165) is 10.9 Å². The van der Waals surface area contributed by atoms with Crippen molar-refractivity contribution in [2.45, 2.75) is 6.92 Å². The first kappa shape index (κ1) is 8.69. The first-order valence-corrected chi connectivity index (χ1v) is 4.26. The van der Waals surface area contributed by atoms with Gasteiger partial charge in [-0.15, -0.1) is 4.91 Å². The standard InChI is InChI=1S/C11H9NO2/c1-7-2-4-9-8(6-7)3-5-10(13)11(9)12-14/h2-6,13H,1H3/p-1. The van der Waals surface area contributed by atoms with E-state index in [4.69, 9.17) is 0 Å². The van der Waals surface area contributed by atoms with Crippen LogP contribution < -0.4 is 5.11 Å². The molecule has 0 aromatic heterocycles. The van der Waals surface area contributed by atoms with Crippen molar-refractivity contribution in [1.29, 1.82) is 0 Å². The molecule has 2 rings (SSSR count). The Morgan fingerprint density at radius 1 is 1.21 bits per heavy atom. The summed E-state index contributed by atoms with van der Waals surface area (Å²) in [6, 6.07) is 8.61. The van der Waals surface area contributed by atoms with Gasteiger partial charge in [0.05, 0.1) is 0 Å². The molecule has 3 nitrogen and oxygen atoms in total. The summed E-state index contributed by atoms with van der Waals surface area (Å²) in [5.41, 5.74) is 1.09. The highest BCUT2D eigenvalue weighted by molar-refractivity contribution is 5.95. The molecule has 3 heteroatoms. The molecule has 0 radical (unpaired) electrons. The van der Waals surface area contributed by atoms with Crippen LogP contribution in [0.15, 0.2) is 35.5 Å². The molecule has 0 spiro atoms. The Labute approximate surface area is 81.0 Å². The summed E-state index contributed by atoms with van der Waals surface area (Å²) in [6.45, 7) is 1.96. The molecule has 0 heterocycles. The minimum absolute atomic E-state index is 0.00231. The molecule has 0 saturated heterocycles. The summed E-state index contributed by atoms with van der Waals surface area (Å²) in [7, 11) is 0. The highest BCUT2D eigenvalue weighted by Crippen LogP contribution is 2.33. The summed E-state index contributed by atoms with van der Waals surface area (Å²) in [4.78, 5) is 10.5. The number of nitroso groups, excluding NO2 is 1. The Morgan fingerprint density at radius 2 is 2.00 bits per heavy atom. The maximum atomic E-state index is 11.3. The van der Waals surface area contributed by atoms with E-state index in [2.05, 4.69) is 5.18 Å². The van der Waals surface area contributed by atoms with E-state index < -0.39 is 0 Å². The van der Waals surface area contributed by atoms with Gasteiger partial charge in [-0.05, 0) is 17.5 Å². The summed E-state index contributed by atoms with van der Waals surface area (Å²) in [6.07, 6.45) is 0. The Morgan fingerprint density at radius 3 is 2.71 bits per heavy atom. The molecule has 0 fully saturated rings. The SMILES string of the molecule is Cc1ccc2c(N=O)c([O-])ccc2c1. The van der Waals surface area contributed by atoms with Crippen LogP contribution in [0.3, 0.4) is 0 Å². The summed E-state index contributed by atoms with van der Waals surface area (Å²) in [5, 5.41) is 15.5. The highest BCUT2D eigenvalue weighted by atomic mass is 16.3. The summed E-state index contributed by atoms with van der Waals surface area (Å²) < 4.78 is 0. The minimum Gasteiger partial charge on any atom is -0.871 e. The van der Waals surface area contributed by atoms with E-state index in [-0.39, 0.29) is 11.4 Å². The second kappa shape index (κ2) is 3.10. The highest BCUT2D eigenvalue weighted by Gasteiger charge is 2.01. The topological polar surface area (TPSA) is 52.5 Å². The molecule has 2 aromatic rings. The molecule has 0 atom stereocenters. The van der Waals surface area contributed by atoms with Crippen LogP contribution in [-0.2, 0) is 0 Å². The van der Waals surface area contributed by atoms with Gasteiger partial charge in [0.15, 0.2) is 0 Å². The molecule has 0 N–H and O–H groups in total. The van der Waals surface area contributed by atoms with Crippen molar-refractivity contribution < 1.29 is 5.11 Å². The first-order valence-electron chi connectivity index (χ1n) is 4.26. The second-order valence-electron chi connectivity index (χ2n) is 3.23. The molecular formula is C11H8NO2-. The van der Waals surface area contributed by atoms with Gasteiger partial charge >= 0.3 is 0 Å². The fourth-order valence-corrected chi connectivity index (χ4v) is 1.51. The molecule has 0 bridgehead atoms. The average Bonchev–Trinajstić information content (AvgIpc) is 2.18. The van der Waals surface area contributed by atoms with Crippen molar-refractivity contribution in [3.8, 4) is 5.75 Å². The van der Waals surface area contributed by atoms with Gasteiger partial charge in [-0.2, -0.15) is 0 Å². The normalized spacial score (nSPS) is 10.4. The second-order valence-corrected chi connectivity index (χ2v) is 3.23. The van der Waals surface area contributed by atoms with Crippen molar-refractivity contribution in [3.05, 3.63) is 40.8 Å². The first-order chi connectivity index (χ1) is 6.72. The van der Waals surface area contributed by atoms with Gasteiger partial charge in [-0.3, -0.25) is 0 Å².